The molecule has 6 rings (SSSR count). The average Bonchev–Trinajstić information content (AvgIpc) is 3.39. The zero-order valence-corrected chi connectivity index (χ0v) is 15.7. The molecule has 3 aromatic carbocycles. The molecule has 6 aromatic rings. The lowest BCUT2D eigenvalue weighted by molar-refractivity contribution is 0.616. The molecule has 0 bridgehead atoms. The van der Waals surface area contributed by atoms with Crippen LogP contribution in [0.2, 0.25) is 0 Å². The second kappa shape index (κ2) is 6.04. The lowest BCUT2D eigenvalue weighted by atomic mass is 9.97. The Bertz CT molecular complexity index is 1470. The van der Waals surface area contributed by atoms with Crippen molar-refractivity contribution in [3.8, 4) is 22.4 Å². The monoisotopic (exact) mass is 377 g/mol. The van der Waals surface area contributed by atoms with Gasteiger partial charge in [-0.05, 0) is 47.5 Å². The summed E-state index contributed by atoms with van der Waals surface area (Å²) in [5.41, 5.74) is 6.49. The van der Waals surface area contributed by atoms with Crippen molar-refractivity contribution in [2.24, 2.45) is 0 Å². The van der Waals surface area contributed by atoms with Crippen molar-refractivity contribution >= 4 is 43.3 Å². The van der Waals surface area contributed by atoms with Crippen molar-refractivity contribution in [3.63, 3.8) is 0 Å². The van der Waals surface area contributed by atoms with Gasteiger partial charge in [0.25, 0.3) is 0 Å². The van der Waals surface area contributed by atoms with Crippen LogP contribution >= 0.6 is 11.3 Å². The molecule has 0 aliphatic heterocycles. The molecule has 0 aliphatic carbocycles. The van der Waals surface area contributed by atoms with Crippen LogP contribution in [0.15, 0.2) is 94.9 Å². The quantitative estimate of drug-likeness (QED) is 0.312. The van der Waals surface area contributed by atoms with Crippen molar-refractivity contribution in [3.05, 3.63) is 90.5 Å². The van der Waals surface area contributed by atoms with Gasteiger partial charge >= 0.3 is 0 Å². The minimum Gasteiger partial charge on any atom is -0.464 e. The lowest BCUT2D eigenvalue weighted by Crippen LogP contribution is -1.89. The molecule has 0 aliphatic rings. The minimum absolute atomic E-state index is 0.908. The van der Waals surface area contributed by atoms with Gasteiger partial charge in [0.1, 0.15) is 5.58 Å². The van der Waals surface area contributed by atoms with E-state index < -0.39 is 0 Å². The van der Waals surface area contributed by atoms with Gasteiger partial charge in [-0.3, -0.25) is 0 Å². The summed E-state index contributed by atoms with van der Waals surface area (Å²) < 4.78 is 6.80. The van der Waals surface area contributed by atoms with Crippen LogP contribution in [-0.4, -0.2) is 4.98 Å². The number of hydrogen-bond donors (Lipinski definition) is 0. The molecule has 3 heterocycles. The molecule has 0 N–H and O–H groups in total. The number of para-hydroxylation sites is 1. The molecule has 0 saturated heterocycles. The first-order valence-corrected chi connectivity index (χ1v) is 10.1. The third-order valence-corrected chi connectivity index (χ3v) is 6.20. The van der Waals surface area contributed by atoms with E-state index in [1.54, 1.807) is 17.6 Å². The number of pyridine rings is 1. The Hall–Kier alpha value is -3.43. The molecular weight excluding hydrogens is 362 g/mol. The maximum absolute atomic E-state index is 5.52. The molecule has 3 aromatic heterocycles. The molecule has 2 nitrogen and oxygen atoms in total. The van der Waals surface area contributed by atoms with Crippen molar-refractivity contribution in [1.82, 2.24) is 4.98 Å². The zero-order chi connectivity index (χ0) is 18.5. The Labute approximate surface area is 165 Å². The highest BCUT2D eigenvalue weighted by Crippen LogP contribution is 2.37. The van der Waals surface area contributed by atoms with Crippen molar-refractivity contribution in [2.45, 2.75) is 0 Å². The molecule has 3 heteroatoms. The summed E-state index contributed by atoms with van der Waals surface area (Å²) in [6.07, 6.45) is 1.74. The fourth-order valence-corrected chi connectivity index (χ4v) is 4.82. The highest BCUT2D eigenvalue weighted by molar-refractivity contribution is 7.17. The average molecular weight is 377 g/mol. The van der Waals surface area contributed by atoms with Crippen molar-refractivity contribution in [1.29, 1.82) is 0 Å². The van der Waals surface area contributed by atoms with E-state index in [-0.39, 0.29) is 0 Å². The Balaban J connectivity index is 1.66. The summed E-state index contributed by atoms with van der Waals surface area (Å²) in [5, 5.41) is 5.74. The van der Waals surface area contributed by atoms with Gasteiger partial charge in [-0.15, -0.1) is 11.3 Å². The van der Waals surface area contributed by atoms with E-state index >= 15 is 0 Å². The van der Waals surface area contributed by atoms with Gasteiger partial charge < -0.3 is 4.42 Å². The number of hydrogen-bond acceptors (Lipinski definition) is 3. The molecule has 0 atom stereocenters. The molecule has 0 spiro atoms. The number of thiophene rings is 1. The van der Waals surface area contributed by atoms with E-state index in [1.165, 1.54) is 26.8 Å². The highest BCUT2D eigenvalue weighted by Gasteiger charge is 2.13. The molecule has 0 saturated carbocycles. The Morgan fingerprint density at radius 2 is 1.61 bits per heavy atom. The number of aromatic nitrogens is 1. The third-order valence-electron chi connectivity index (χ3n) is 5.24. The largest absolute Gasteiger partial charge is 0.464 e. The van der Waals surface area contributed by atoms with Gasteiger partial charge in [0.2, 0.25) is 0 Å². The number of furan rings is 1. The Kier molecular flexibility index (Phi) is 3.37. The first-order valence-electron chi connectivity index (χ1n) is 9.21. The van der Waals surface area contributed by atoms with Crippen molar-refractivity contribution < 1.29 is 4.42 Å². The molecule has 0 amide bonds. The van der Waals surface area contributed by atoms with Gasteiger partial charge in [-0.25, -0.2) is 4.98 Å². The van der Waals surface area contributed by atoms with Crippen LogP contribution in [0.25, 0.3) is 54.3 Å². The van der Waals surface area contributed by atoms with Gasteiger partial charge in [-0.1, -0.05) is 42.5 Å². The van der Waals surface area contributed by atoms with Crippen LogP contribution in [0.5, 0.6) is 0 Å². The third kappa shape index (κ3) is 2.37. The minimum atomic E-state index is 0.908. The smallest absolute Gasteiger partial charge is 0.133 e. The Morgan fingerprint density at radius 3 is 2.57 bits per heavy atom. The standard InChI is InChI=1S/C25H15NOS/c1-3-7-22-18(5-1)20(16-9-10-24-17(13-16)11-12-27-24)14-23(26-22)21-15-28-25-8-4-2-6-19(21)25/h1-15H. The van der Waals surface area contributed by atoms with E-state index in [2.05, 4.69) is 66.0 Å². The molecule has 0 unspecified atom stereocenters. The normalized spacial score (nSPS) is 11.6. The fourth-order valence-electron chi connectivity index (χ4n) is 3.86. The Morgan fingerprint density at radius 1 is 0.750 bits per heavy atom. The van der Waals surface area contributed by atoms with E-state index in [4.69, 9.17) is 9.40 Å². The van der Waals surface area contributed by atoms with Gasteiger partial charge in [-0.2, -0.15) is 0 Å². The number of benzene rings is 3. The maximum atomic E-state index is 5.52. The summed E-state index contributed by atoms with van der Waals surface area (Å²) in [7, 11) is 0. The van der Waals surface area contributed by atoms with Gasteiger partial charge in [0, 0.05) is 31.8 Å². The van der Waals surface area contributed by atoms with Gasteiger partial charge in [0.15, 0.2) is 0 Å². The highest BCUT2D eigenvalue weighted by atomic mass is 32.1. The number of nitrogens with zero attached hydrogens (tertiary/aromatic N) is 1. The summed E-state index contributed by atoms with van der Waals surface area (Å²) in [5.74, 6) is 0. The van der Waals surface area contributed by atoms with Gasteiger partial charge in [0.05, 0.1) is 17.5 Å². The van der Waals surface area contributed by atoms with Crippen LogP contribution in [0.3, 0.4) is 0 Å². The van der Waals surface area contributed by atoms with E-state index in [1.807, 2.05) is 18.2 Å². The van der Waals surface area contributed by atoms with Crippen LogP contribution < -0.4 is 0 Å². The zero-order valence-electron chi connectivity index (χ0n) is 14.9. The second-order valence-corrected chi connectivity index (χ2v) is 7.80. The number of fused-ring (bicyclic) bond motifs is 3. The molecule has 0 fully saturated rings. The first kappa shape index (κ1) is 15.6. The fraction of sp³-hybridized carbons (Fsp3) is 0. The molecule has 0 radical (unpaired) electrons. The van der Waals surface area contributed by atoms with Crippen molar-refractivity contribution in [2.75, 3.05) is 0 Å². The van der Waals surface area contributed by atoms with Crippen LogP contribution in [0.4, 0.5) is 0 Å². The number of rotatable bonds is 2. The summed E-state index contributed by atoms with van der Waals surface area (Å²) in [4.78, 5) is 4.99. The van der Waals surface area contributed by atoms with E-state index in [0.717, 1.165) is 27.6 Å². The molecule has 28 heavy (non-hydrogen) atoms. The summed E-state index contributed by atoms with van der Waals surface area (Å²) in [6.45, 7) is 0. The molecule has 132 valence electrons. The second-order valence-electron chi connectivity index (χ2n) is 6.89. The summed E-state index contributed by atoms with van der Waals surface area (Å²) >= 11 is 1.77. The summed E-state index contributed by atoms with van der Waals surface area (Å²) in [6, 6.07) is 27.5. The lowest BCUT2D eigenvalue weighted by Gasteiger charge is -2.10. The topological polar surface area (TPSA) is 26.0 Å². The predicted molar refractivity (Wildman–Crippen MR) is 118 cm³/mol. The van der Waals surface area contributed by atoms with Crippen LogP contribution in [0, 0.1) is 0 Å². The van der Waals surface area contributed by atoms with Crippen LogP contribution in [0.1, 0.15) is 0 Å². The van der Waals surface area contributed by atoms with E-state index in [9.17, 15) is 0 Å². The van der Waals surface area contributed by atoms with Crippen LogP contribution in [-0.2, 0) is 0 Å². The predicted octanol–water partition coefficient (Wildman–Crippen LogP) is 7.53. The molecular formula is C25H15NOS. The van der Waals surface area contributed by atoms with E-state index in [0.29, 0.717) is 0 Å². The SMILES string of the molecule is c1ccc2c(-c3ccc4occc4c3)cc(-c3csc4ccccc34)nc2c1. The first-order chi connectivity index (χ1) is 13.9. The maximum Gasteiger partial charge on any atom is 0.133 e.